The fourth-order valence-corrected chi connectivity index (χ4v) is 4.08. The molecule has 2 aliphatic rings. The quantitative estimate of drug-likeness (QED) is 0.0728. The highest BCUT2D eigenvalue weighted by Crippen LogP contribution is 2.24. The summed E-state index contributed by atoms with van der Waals surface area (Å²) in [4.78, 5) is 24.7. The van der Waals surface area contributed by atoms with Crippen molar-refractivity contribution in [2.24, 2.45) is 0 Å². The van der Waals surface area contributed by atoms with Gasteiger partial charge < -0.3 is 59.8 Å². The second-order valence-corrected chi connectivity index (χ2v) is 10.8. The number of aliphatic hydroxyl groups excluding tert-OH is 8. The number of hydrogen-bond donors (Lipinski definition) is 8. The Bertz CT molecular complexity index is 1150. The summed E-state index contributed by atoms with van der Waals surface area (Å²) in [6.45, 7) is 5.36. The summed E-state index contributed by atoms with van der Waals surface area (Å²) in [5.74, 6) is -1.64. The van der Waals surface area contributed by atoms with E-state index >= 15 is 0 Å². The van der Waals surface area contributed by atoms with Crippen LogP contribution in [0.1, 0.15) is 27.7 Å². The molecule has 0 aromatic carbocycles. The van der Waals surface area contributed by atoms with Gasteiger partial charge in [0.05, 0.1) is 13.2 Å². The van der Waals surface area contributed by atoms with E-state index in [1.807, 2.05) is 26.0 Å². The molecule has 2 fully saturated rings. The highest BCUT2D eigenvalue weighted by molar-refractivity contribution is 5.88. The van der Waals surface area contributed by atoms with Gasteiger partial charge >= 0.3 is 11.9 Å². The largest absolute Gasteiger partial charge is 0.429 e. The van der Waals surface area contributed by atoms with Gasteiger partial charge in [-0.25, -0.2) is 9.59 Å². The molecule has 256 valence electrons. The Morgan fingerprint density at radius 3 is 1.22 bits per heavy atom. The molecule has 0 radical (unpaired) electrons. The van der Waals surface area contributed by atoms with E-state index in [-0.39, 0.29) is 11.1 Å². The van der Waals surface area contributed by atoms with Crippen molar-refractivity contribution in [1.29, 1.82) is 0 Å². The highest BCUT2D eigenvalue weighted by atomic mass is 16.7. The van der Waals surface area contributed by atoms with Crippen LogP contribution in [0.2, 0.25) is 0 Å². The summed E-state index contributed by atoms with van der Waals surface area (Å²) < 4.78 is 20.5. The first kappa shape index (κ1) is 38.9. The summed E-state index contributed by atoms with van der Waals surface area (Å²) in [5.41, 5.74) is 2.04. The Hall–Kier alpha value is -3.28. The van der Waals surface area contributed by atoms with E-state index < -0.39 is 86.6 Å². The molecule has 2 heterocycles. The van der Waals surface area contributed by atoms with Crippen molar-refractivity contribution < 1.29 is 69.4 Å². The minimum absolute atomic E-state index is 0.174. The van der Waals surface area contributed by atoms with Crippen LogP contribution >= 0.6 is 0 Å². The van der Waals surface area contributed by atoms with Crippen molar-refractivity contribution in [2.75, 3.05) is 13.2 Å². The minimum atomic E-state index is -1.69. The lowest BCUT2D eigenvalue weighted by Crippen LogP contribution is -2.59. The summed E-state index contributed by atoms with van der Waals surface area (Å²) >= 11 is 0. The highest BCUT2D eigenvalue weighted by Gasteiger charge is 2.46. The first-order chi connectivity index (χ1) is 21.7. The van der Waals surface area contributed by atoms with Gasteiger partial charge in [0.2, 0.25) is 12.6 Å². The normalized spacial score (nSPS) is 33.7. The molecule has 0 aromatic rings. The van der Waals surface area contributed by atoms with Crippen molar-refractivity contribution in [3.63, 3.8) is 0 Å². The molecule has 0 bridgehead atoms. The molecule has 2 rings (SSSR count). The van der Waals surface area contributed by atoms with Crippen LogP contribution in [0.25, 0.3) is 0 Å². The van der Waals surface area contributed by atoms with Gasteiger partial charge in [-0.2, -0.15) is 0 Å². The Kier molecular flexibility index (Phi) is 15.9. The molecule has 14 nitrogen and oxygen atoms in total. The lowest BCUT2D eigenvalue weighted by Gasteiger charge is -2.39. The molecule has 0 saturated carbocycles. The van der Waals surface area contributed by atoms with Crippen molar-refractivity contribution in [2.45, 2.75) is 89.1 Å². The predicted molar refractivity (Wildman–Crippen MR) is 162 cm³/mol. The van der Waals surface area contributed by atoms with E-state index in [2.05, 4.69) is 0 Å². The fraction of sp³-hybridized carbons (Fsp3) is 0.500. The third kappa shape index (κ3) is 11.2. The number of ether oxygens (including phenoxy) is 4. The zero-order valence-corrected chi connectivity index (χ0v) is 26.0. The van der Waals surface area contributed by atoms with Gasteiger partial charge in [0.15, 0.2) is 0 Å². The molecule has 0 spiro atoms. The van der Waals surface area contributed by atoms with Gasteiger partial charge in [0, 0.05) is 11.1 Å². The van der Waals surface area contributed by atoms with E-state index in [0.717, 1.165) is 11.1 Å². The molecule has 2 saturated heterocycles. The van der Waals surface area contributed by atoms with Gasteiger partial charge in [0.25, 0.3) is 0 Å². The van der Waals surface area contributed by atoms with Crippen LogP contribution in [0.5, 0.6) is 0 Å². The topological polar surface area (TPSA) is 233 Å². The van der Waals surface area contributed by atoms with Crippen molar-refractivity contribution in [1.82, 2.24) is 0 Å². The molecule has 10 atom stereocenters. The lowest BCUT2D eigenvalue weighted by molar-refractivity contribution is -0.291. The summed E-state index contributed by atoms with van der Waals surface area (Å²) in [6, 6.07) is 0. The molecule has 14 heteroatoms. The Morgan fingerprint density at radius 2 is 0.891 bits per heavy atom. The number of aliphatic hydroxyl groups is 8. The summed E-state index contributed by atoms with van der Waals surface area (Å²) in [7, 11) is 0. The van der Waals surface area contributed by atoms with E-state index in [1.54, 1.807) is 36.5 Å². The second-order valence-electron chi connectivity index (χ2n) is 10.8. The summed E-state index contributed by atoms with van der Waals surface area (Å²) in [5, 5.41) is 77.8. The molecular formula is C32H44O14. The zero-order chi connectivity index (χ0) is 34.6. The first-order valence-electron chi connectivity index (χ1n) is 14.5. The van der Waals surface area contributed by atoms with Crippen molar-refractivity contribution in [3.05, 3.63) is 83.1 Å². The molecule has 0 unspecified atom stereocenters. The predicted octanol–water partition coefficient (Wildman–Crippen LogP) is -0.874. The first-order valence-corrected chi connectivity index (χ1v) is 14.5. The molecule has 0 aliphatic carbocycles. The Morgan fingerprint density at radius 1 is 0.543 bits per heavy atom. The zero-order valence-electron chi connectivity index (χ0n) is 26.0. The van der Waals surface area contributed by atoms with Crippen LogP contribution in [0.4, 0.5) is 0 Å². The van der Waals surface area contributed by atoms with Gasteiger partial charge in [0.1, 0.15) is 48.8 Å². The molecular weight excluding hydrogens is 608 g/mol. The van der Waals surface area contributed by atoms with Crippen LogP contribution in [0.3, 0.4) is 0 Å². The van der Waals surface area contributed by atoms with Gasteiger partial charge in [-0.15, -0.1) is 0 Å². The molecule has 46 heavy (non-hydrogen) atoms. The standard InChI is InChI=1S/C32H44O14/c1-17(11-7-13-19(3)29(41)45-31-27(39)25(37)23(35)21(15-33)43-31)9-5-6-10-18(2)12-8-14-20(4)30(42)46-32-28(40)26(38)24(36)22(16-34)44-32/h5-14,21-28,31-40H,15-16H2,1-4H3/b6-5+,11-7+,12-8+,17-9+,18-10+,19-13+,20-14+/t21-,22-,23-,24-,25+,26+,27-,28-,31+,32+/m1/s1. The fourth-order valence-electron chi connectivity index (χ4n) is 4.08. The molecule has 0 aromatic heterocycles. The maximum absolute atomic E-state index is 12.3. The van der Waals surface area contributed by atoms with Crippen LogP contribution < -0.4 is 0 Å². The SMILES string of the molecule is CC(/C=C/C=C(\C)C(=O)O[C@@H]1O[C@H](CO)[C@@H](O)[C@H](O)[C@H]1O)=C\C=C\C=C(C)\C=C\C=C(/C)C(=O)O[C@@H]1O[C@H](CO)[C@@H](O)[C@H](O)[C@H]1O. The summed E-state index contributed by atoms with van der Waals surface area (Å²) in [6.07, 6.45) is 1.59. The van der Waals surface area contributed by atoms with Gasteiger partial charge in [-0.05, 0) is 27.7 Å². The van der Waals surface area contributed by atoms with E-state index in [0.29, 0.717) is 0 Å². The van der Waals surface area contributed by atoms with E-state index in [9.17, 15) is 50.4 Å². The van der Waals surface area contributed by atoms with E-state index in [1.165, 1.54) is 26.0 Å². The number of allylic oxidation sites excluding steroid dienone is 12. The number of rotatable bonds is 12. The number of carbonyl (C=O) groups is 2. The van der Waals surface area contributed by atoms with Gasteiger partial charge in [-0.1, -0.05) is 71.9 Å². The van der Waals surface area contributed by atoms with Gasteiger partial charge in [-0.3, -0.25) is 0 Å². The minimum Gasteiger partial charge on any atom is -0.429 e. The molecule has 8 N–H and O–H groups in total. The third-order valence-corrected chi connectivity index (χ3v) is 7.03. The van der Waals surface area contributed by atoms with Crippen LogP contribution in [0, 0.1) is 0 Å². The third-order valence-electron chi connectivity index (χ3n) is 7.03. The van der Waals surface area contributed by atoms with Crippen molar-refractivity contribution >= 4 is 11.9 Å². The average molecular weight is 653 g/mol. The number of carbonyl (C=O) groups excluding carboxylic acids is 2. The number of hydrogen-bond acceptors (Lipinski definition) is 14. The van der Waals surface area contributed by atoms with Crippen LogP contribution in [0.15, 0.2) is 83.1 Å². The maximum atomic E-state index is 12.3. The maximum Gasteiger partial charge on any atom is 0.336 e. The average Bonchev–Trinajstić information content (AvgIpc) is 3.03. The molecule has 2 aliphatic heterocycles. The second kappa shape index (κ2) is 18.8. The van der Waals surface area contributed by atoms with E-state index in [4.69, 9.17) is 18.9 Å². The Labute approximate surface area is 266 Å². The lowest BCUT2D eigenvalue weighted by atomic mass is 9.99. The Balaban J connectivity index is 1.86. The number of esters is 2. The van der Waals surface area contributed by atoms with Crippen LogP contribution in [-0.2, 0) is 28.5 Å². The smallest absolute Gasteiger partial charge is 0.336 e. The molecule has 0 amide bonds. The van der Waals surface area contributed by atoms with Crippen LogP contribution in [-0.4, -0.2) is 127 Å². The van der Waals surface area contributed by atoms with Crippen molar-refractivity contribution in [3.8, 4) is 0 Å². The monoisotopic (exact) mass is 652 g/mol.